The average Bonchev–Trinajstić information content (AvgIpc) is 2.37. The van der Waals surface area contributed by atoms with Gasteiger partial charge in [-0.25, -0.2) is 4.98 Å². The quantitative estimate of drug-likeness (QED) is 0.826. The van der Waals surface area contributed by atoms with Crippen molar-refractivity contribution in [2.75, 3.05) is 11.9 Å². The smallest absolute Gasteiger partial charge is 0.258 e. The molecule has 1 aromatic heterocycles. The summed E-state index contributed by atoms with van der Waals surface area (Å²) in [5.74, 6) is -1.01. The van der Waals surface area contributed by atoms with E-state index in [0.29, 0.717) is 5.69 Å². The number of pyridine rings is 1. The third-order valence-electron chi connectivity index (χ3n) is 2.50. The Morgan fingerprint density at radius 2 is 2.11 bits per heavy atom. The van der Waals surface area contributed by atoms with Gasteiger partial charge < -0.3 is 10.0 Å². The summed E-state index contributed by atoms with van der Waals surface area (Å²) in [6.45, 7) is 0. The molecule has 0 radical (unpaired) electrons. The molecule has 0 aliphatic heterocycles. The Balaban J connectivity index is 2.29. The Morgan fingerprint density at radius 3 is 2.78 bits per heavy atom. The zero-order valence-electron chi connectivity index (χ0n) is 9.67. The molecule has 5 heteroatoms. The molecule has 18 heavy (non-hydrogen) atoms. The molecule has 0 saturated heterocycles. The van der Waals surface area contributed by atoms with E-state index >= 15 is 0 Å². The highest BCUT2D eigenvalue weighted by Crippen LogP contribution is 2.20. The van der Waals surface area contributed by atoms with Crippen molar-refractivity contribution in [1.82, 2.24) is 4.98 Å². The topological polar surface area (TPSA) is 53.4 Å². The molecule has 0 saturated carbocycles. The Morgan fingerprint density at radius 1 is 1.33 bits per heavy atom. The second-order valence-corrected chi connectivity index (χ2v) is 3.75. The minimum atomic E-state index is -0.704. The van der Waals surface area contributed by atoms with Crippen molar-refractivity contribution in [3.8, 4) is 5.75 Å². The van der Waals surface area contributed by atoms with Crippen molar-refractivity contribution >= 4 is 11.6 Å². The van der Waals surface area contributed by atoms with Crippen molar-refractivity contribution in [2.45, 2.75) is 0 Å². The summed E-state index contributed by atoms with van der Waals surface area (Å²) in [6, 6.07) is 8.77. The van der Waals surface area contributed by atoms with Gasteiger partial charge in [0, 0.05) is 36.6 Å². The molecule has 2 aromatic rings. The number of carbonyl (C=O) groups excluding carboxylic acids is 1. The molecule has 1 N–H and O–H groups in total. The molecule has 0 bridgehead atoms. The highest BCUT2D eigenvalue weighted by atomic mass is 19.1. The minimum Gasteiger partial charge on any atom is -0.508 e. The van der Waals surface area contributed by atoms with Crippen LogP contribution in [0.1, 0.15) is 10.4 Å². The zero-order chi connectivity index (χ0) is 13.1. The van der Waals surface area contributed by atoms with Gasteiger partial charge in [0.15, 0.2) is 0 Å². The van der Waals surface area contributed by atoms with Crippen LogP contribution in [0.5, 0.6) is 5.75 Å². The lowest BCUT2D eigenvalue weighted by molar-refractivity contribution is 0.0992. The highest BCUT2D eigenvalue weighted by Gasteiger charge is 2.14. The zero-order valence-corrected chi connectivity index (χ0v) is 9.67. The predicted molar refractivity (Wildman–Crippen MR) is 65.0 cm³/mol. The van der Waals surface area contributed by atoms with Crippen molar-refractivity contribution in [3.63, 3.8) is 0 Å². The number of amides is 1. The van der Waals surface area contributed by atoms with Crippen LogP contribution in [-0.4, -0.2) is 23.0 Å². The first kappa shape index (κ1) is 12.0. The second kappa shape index (κ2) is 4.83. The van der Waals surface area contributed by atoms with Gasteiger partial charge in [-0.1, -0.05) is 6.07 Å². The van der Waals surface area contributed by atoms with Crippen LogP contribution >= 0.6 is 0 Å². The summed E-state index contributed by atoms with van der Waals surface area (Å²) < 4.78 is 12.9. The molecule has 92 valence electrons. The van der Waals surface area contributed by atoms with E-state index < -0.39 is 5.95 Å². The van der Waals surface area contributed by atoms with E-state index in [1.165, 1.54) is 29.3 Å². The molecule has 0 fully saturated rings. The molecule has 1 amide bonds. The van der Waals surface area contributed by atoms with E-state index in [0.717, 1.165) is 6.07 Å². The molecule has 0 spiro atoms. The Kier molecular flexibility index (Phi) is 3.23. The number of nitrogens with zero attached hydrogens (tertiary/aromatic N) is 2. The molecule has 0 aliphatic carbocycles. The van der Waals surface area contributed by atoms with Crippen LogP contribution in [0.15, 0.2) is 42.6 Å². The number of anilines is 1. The first-order valence-electron chi connectivity index (χ1n) is 5.26. The maximum absolute atomic E-state index is 12.9. The van der Waals surface area contributed by atoms with Crippen molar-refractivity contribution in [2.24, 2.45) is 0 Å². The molecule has 0 unspecified atom stereocenters. The van der Waals surface area contributed by atoms with Gasteiger partial charge in [0.1, 0.15) is 5.75 Å². The van der Waals surface area contributed by atoms with E-state index in [2.05, 4.69) is 4.98 Å². The Hall–Kier alpha value is -2.43. The lowest BCUT2D eigenvalue weighted by Gasteiger charge is -2.17. The van der Waals surface area contributed by atoms with Gasteiger partial charge in [0.05, 0.1) is 0 Å². The lowest BCUT2D eigenvalue weighted by atomic mass is 10.2. The number of carbonyl (C=O) groups is 1. The third kappa shape index (κ3) is 2.45. The van der Waals surface area contributed by atoms with Crippen molar-refractivity contribution < 1.29 is 14.3 Å². The summed E-state index contributed by atoms with van der Waals surface area (Å²) >= 11 is 0. The van der Waals surface area contributed by atoms with Crippen LogP contribution in [0.2, 0.25) is 0 Å². The molecule has 0 atom stereocenters. The highest BCUT2D eigenvalue weighted by molar-refractivity contribution is 6.05. The molecular weight excluding hydrogens is 235 g/mol. The molecular formula is C13H11FN2O2. The van der Waals surface area contributed by atoms with Gasteiger partial charge in [0.25, 0.3) is 5.91 Å². The molecule has 1 heterocycles. The van der Waals surface area contributed by atoms with E-state index in [1.807, 2.05) is 0 Å². The Bertz CT molecular complexity index is 587. The first-order valence-corrected chi connectivity index (χ1v) is 5.26. The third-order valence-corrected chi connectivity index (χ3v) is 2.50. The number of hydrogen-bond donors (Lipinski definition) is 1. The SMILES string of the molecule is CN(C(=O)c1ccnc(F)c1)c1cccc(O)c1. The van der Waals surface area contributed by atoms with Crippen LogP contribution in [0, 0.1) is 5.95 Å². The number of phenolic OH excluding ortho intramolecular Hbond substituents is 1. The summed E-state index contributed by atoms with van der Waals surface area (Å²) in [5.41, 5.74) is 0.727. The maximum atomic E-state index is 12.9. The predicted octanol–water partition coefficient (Wildman–Crippen LogP) is 2.20. The fraction of sp³-hybridized carbons (Fsp3) is 0.0769. The second-order valence-electron chi connectivity index (χ2n) is 3.75. The summed E-state index contributed by atoms with van der Waals surface area (Å²) in [7, 11) is 1.55. The van der Waals surface area contributed by atoms with Gasteiger partial charge in [-0.2, -0.15) is 4.39 Å². The van der Waals surface area contributed by atoms with Crippen molar-refractivity contribution in [1.29, 1.82) is 0 Å². The number of halogens is 1. The van der Waals surface area contributed by atoms with E-state index in [-0.39, 0.29) is 17.2 Å². The maximum Gasteiger partial charge on any atom is 0.258 e. The average molecular weight is 246 g/mol. The van der Waals surface area contributed by atoms with Gasteiger partial charge >= 0.3 is 0 Å². The normalized spacial score (nSPS) is 10.1. The van der Waals surface area contributed by atoms with Crippen LogP contribution in [0.25, 0.3) is 0 Å². The number of aromatic hydroxyl groups is 1. The minimum absolute atomic E-state index is 0.0630. The van der Waals surface area contributed by atoms with Crippen LogP contribution in [0.3, 0.4) is 0 Å². The lowest BCUT2D eigenvalue weighted by Crippen LogP contribution is -2.26. The fourth-order valence-corrected chi connectivity index (χ4v) is 1.55. The van der Waals surface area contributed by atoms with Crippen LogP contribution < -0.4 is 4.90 Å². The van der Waals surface area contributed by atoms with Gasteiger partial charge in [-0.05, 0) is 18.2 Å². The number of phenols is 1. The summed E-state index contributed by atoms with van der Waals surface area (Å²) in [4.78, 5) is 16.8. The number of rotatable bonds is 2. The first-order chi connectivity index (χ1) is 8.58. The summed E-state index contributed by atoms with van der Waals surface area (Å²) in [5, 5.41) is 9.35. The van der Waals surface area contributed by atoms with Gasteiger partial charge in [-0.15, -0.1) is 0 Å². The van der Waals surface area contributed by atoms with Crippen LogP contribution in [-0.2, 0) is 0 Å². The molecule has 2 rings (SSSR count). The Labute approximate surface area is 103 Å². The van der Waals surface area contributed by atoms with Gasteiger partial charge in [-0.3, -0.25) is 4.79 Å². The van der Waals surface area contributed by atoms with E-state index in [1.54, 1.807) is 19.2 Å². The standard InChI is InChI=1S/C13H11FN2O2/c1-16(10-3-2-4-11(17)8-10)13(18)9-5-6-15-12(14)7-9/h2-8,17H,1H3. The number of aromatic nitrogens is 1. The monoisotopic (exact) mass is 246 g/mol. The van der Waals surface area contributed by atoms with Crippen molar-refractivity contribution in [3.05, 3.63) is 54.1 Å². The molecule has 4 nitrogen and oxygen atoms in total. The number of hydrogen-bond acceptors (Lipinski definition) is 3. The molecule has 0 aliphatic rings. The van der Waals surface area contributed by atoms with Gasteiger partial charge in [0.2, 0.25) is 5.95 Å². The fourth-order valence-electron chi connectivity index (χ4n) is 1.55. The van der Waals surface area contributed by atoms with E-state index in [4.69, 9.17) is 0 Å². The number of benzene rings is 1. The van der Waals surface area contributed by atoms with Crippen LogP contribution in [0.4, 0.5) is 10.1 Å². The van der Waals surface area contributed by atoms with E-state index in [9.17, 15) is 14.3 Å². The summed E-state index contributed by atoms with van der Waals surface area (Å²) in [6.07, 6.45) is 1.23. The molecule has 1 aromatic carbocycles. The largest absolute Gasteiger partial charge is 0.508 e.